The van der Waals surface area contributed by atoms with Crippen molar-refractivity contribution >= 4 is 5.91 Å². The lowest BCUT2D eigenvalue weighted by Crippen LogP contribution is -2.34. The maximum Gasteiger partial charge on any atom is 0.222 e. The smallest absolute Gasteiger partial charge is 0.222 e. The fourth-order valence-electron chi connectivity index (χ4n) is 1.83. The van der Waals surface area contributed by atoms with Gasteiger partial charge in [-0.15, -0.1) is 0 Å². The van der Waals surface area contributed by atoms with Gasteiger partial charge in [-0.1, -0.05) is 0 Å². The van der Waals surface area contributed by atoms with Gasteiger partial charge in [0.05, 0.1) is 13.1 Å². The van der Waals surface area contributed by atoms with Crippen LogP contribution >= 0.6 is 0 Å². The van der Waals surface area contributed by atoms with Gasteiger partial charge in [-0.2, -0.15) is 0 Å². The van der Waals surface area contributed by atoms with Crippen molar-refractivity contribution in [3.05, 3.63) is 23.7 Å². The van der Waals surface area contributed by atoms with Crippen LogP contribution in [0.2, 0.25) is 0 Å². The van der Waals surface area contributed by atoms with Gasteiger partial charge in [0, 0.05) is 13.0 Å². The fraction of sp³-hybridized carbons (Fsp3) is 0.545. The zero-order chi connectivity index (χ0) is 10.7. The molecule has 82 valence electrons. The molecule has 0 aliphatic carbocycles. The minimum Gasteiger partial charge on any atom is -0.463 e. The number of piperidine rings is 1. The van der Waals surface area contributed by atoms with Crippen molar-refractivity contribution in [2.24, 2.45) is 5.73 Å². The quantitative estimate of drug-likeness (QED) is 0.813. The number of carbonyl (C=O) groups excluding carboxylic acids is 1. The van der Waals surface area contributed by atoms with Crippen molar-refractivity contribution in [1.82, 2.24) is 4.90 Å². The van der Waals surface area contributed by atoms with E-state index in [1.807, 2.05) is 17.0 Å². The first kappa shape index (κ1) is 10.2. The Morgan fingerprint density at radius 1 is 1.33 bits per heavy atom. The van der Waals surface area contributed by atoms with Gasteiger partial charge >= 0.3 is 0 Å². The molecule has 4 nitrogen and oxygen atoms in total. The number of nitrogens with two attached hydrogens (primary N) is 1. The van der Waals surface area contributed by atoms with Crippen molar-refractivity contribution in [3.8, 4) is 0 Å². The molecule has 1 fully saturated rings. The predicted octanol–water partition coefficient (Wildman–Crippen LogP) is 1.25. The molecule has 0 spiro atoms. The van der Waals surface area contributed by atoms with Crippen molar-refractivity contribution in [3.63, 3.8) is 0 Å². The van der Waals surface area contributed by atoms with Crippen LogP contribution in [0.4, 0.5) is 0 Å². The number of furan rings is 1. The van der Waals surface area contributed by atoms with E-state index in [9.17, 15) is 4.79 Å². The van der Waals surface area contributed by atoms with Gasteiger partial charge in [0.15, 0.2) is 0 Å². The Labute approximate surface area is 89.0 Å². The molecule has 2 N–H and O–H groups in total. The predicted molar refractivity (Wildman–Crippen MR) is 55.9 cm³/mol. The number of hydrogen-bond donors (Lipinski definition) is 1. The first-order chi connectivity index (χ1) is 7.29. The fourth-order valence-corrected chi connectivity index (χ4v) is 1.83. The molecule has 1 amide bonds. The summed E-state index contributed by atoms with van der Waals surface area (Å²) < 4.78 is 5.46. The summed E-state index contributed by atoms with van der Waals surface area (Å²) in [7, 11) is 0. The van der Waals surface area contributed by atoms with Gasteiger partial charge in [0.2, 0.25) is 5.91 Å². The molecule has 15 heavy (non-hydrogen) atoms. The highest BCUT2D eigenvalue weighted by atomic mass is 16.3. The standard InChI is InChI=1S/C11H16N2O2/c12-7-9-4-5-10(15-9)8-13-6-2-1-3-11(13)14/h4-5H,1-3,6-8,12H2. The average Bonchev–Trinajstić information content (AvgIpc) is 2.69. The minimum atomic E-state index is 0.229. The summed E-state index contributed by atoms with van der Waals surface area (Å²) in [5.41, 5.74) is 5.45. The normalized spacial score (nSPS) is 17.1. The van der Waals surface area contributed by atoms with Crippen LogP contribution in [0, 0.1) is 0 Å². The molecule has 1 saturated heterocycles. The first-order valence-electron chi connectivity index (χ1n) is 5.35. The Balaban J connectivity index is 1.98. The summed E-state index contributed by atoms with van der Waals surface area (Å²) in [5, 5.41) is 0. The van der Waals surface area contributed by atoms with Gasteiger partial charge in [-0.3, -0.25) is 4.79 Å². The van der Waals surface area contributed by atoms with Crippen LogP contribution in [0.5, 0.6) is 0 Å². The molecule has 0 atom stereocenters. The molecule has 1 aromatic rings. The molecule has 1 aromatic heterocycles. The second-order valence-electron chi connectivity index (χ2n) is 3.84. The van der Waals surface area contributed by atoms with E-state index in [1.165, 1.54) is 0 Å². The van der Waals surface area contributed by atoms with E-state index in [-0.39, 0.29) is 5.91 Å². The molecule has 2 rings (SSSR count). The summed E-state index contributed by atoms with van der Waals surface area (Å²) >= 11 is 0. The molecular formula is C11H16N2O2. The molecule has 4 heteroatoms. The number of rotatable bonds is 3. The highest BCUT2D eigenvalue weighted by molar-refractivity contribution is 5.76. The number of nitrogens with zero attached hydrogens (tertiary/aromatic N) is 1. The van der Waals surface area contributed by atoms with Crippen molar-refractivity contribution in [2.75, 3.05) is 6.54 Å². The molecule has 2 heterocycles. The van der Waals surface area contributed by atoms with Crippen molar-refractivity contribution in [2.45, 2.75) is 32.4 Å². The lowest BCUT2D eigenvalue weighted by Gasteiger charge is -2.25. The third kappa shape index (κ3) is 2.39. The minimum absolute atomic E-state index is 0.229. The van der Waals surface area contributed by atoms with E-state index in [2.05, 4.69) is 0 Å². The SMILES string of the molecule is NCc1ccc(CN2CCCCC2=O)o1. The van der Waals surface area contributed by atoms with Gasteiger partial charge in [-0.25, -0.2) is 0 Å². The molecule has 1 aliphatic rings. The van der Waals surface area contributed by atoms with E-state index in [0.717, 1.165) is 30.9 Å². The van der Waals surface area contributed by atoms with E-state index >= 15 is 0 Å². The number of likely N-dealkylation sites (tertiary alicyclic amines) is 1. The highest BCUT2D eigenvalue weighted by Crippen LogP contribution is 2.15. The maximum atomic E-state index is 11.5. The number of carbonyl (C=O) groups is 1. The summed E-state index contributed by atoms with van der Waals surface area (Å²) in [5.74, 6) is 1.83. The summed E-state index contributed by atoms with van der Waals surface area (Å²) in [4.78, 5) is 13.4. The maximum absolute atomic E-state index is 11.5. The zero-order valence-electron chi connectivity index (χ0n) is 8.74. The monoisotopic (exact) mass is 208 g/mol. The van der Waals surface area contributed by atoms with Gasteiger partial charge in [0.25, 0.3) is 0 Å². The largest absolute Gasteiger partial charge is 0.463 e. The molecular weight excluding hydrogens is 192 g/mol. The van der Waals surface area contributed by atoms with E-state index in [0.29, 0.717) is 19.5 Å². The Morgan fingerprint density at radius 2 is 2.13 bits per heavy atom. The topological polar surface area (TPSA) is 59.5 Å². The number of hydrogen-bond acceptors (Lipinski definition) is 3. The zero-order valence-corrected chi connectivity index (χ0v) is 8.74. The van der Waals surface area contributed by atoms with Crippen LogP contribution in [-0.4, -0.2) is 17.4 Å². The average molecular weight is 208 g/mol. The van der Waals surface area contributed by atoms with Crippen LogP contribution in [-0.2, 0) is 17.9 Å². The lowest BCUT2D eigenvalue weighted by atomic mass is 10.1. The van der Waals surface area contributed by atoms with Crippen LogP contribution < -0.4 is 5.73 Å². The Kier molecular flexibility index (Phi) is 3.06. The lowest BCUT2D eigenvalue weighted by molar-refractivity contribution is -0.134. The van der Waals surface area contributed by atoms with Crippen LogP contribution in [0.25, 0.3) is 0 Å². The first-order valence-corrected chi connectivity index (χ1v) is 5.35. The van der Waals surface area contributed by atoms with E-state index in [1.54, 1.807) is 0 Å². The molecule has 1 aliphatic heterocycles. The van der Waals surface area contributed by atoms with Crippen molar-refractivity contribution < 1.29 is 9.21 Å². The molecule has 0 saturated carbocycles. The van der Waals surface area contributed by atoms with Crippen LogP contribution in [0.1, 0.15) is 30.8 Å². The molecule has 0 bridgehead atoms. The third-order valence-corrected chi connectivity index (χ3v) is 2.69. The van der Waals surface area contributed by atoms with Crippen LogP contribution in [0.3, 0.4) is 0 Å². The second kappa shape index (κ2) is 4.49. The molecule has 0 aromatic carbocycles. The van der Waals surface area contributed by atoms with Gasteiger partial charge < -0.3 is 15.1 Å². The summed E-state index contributed by atoms with van der Waals surface area (Å²) in [6.07, 6.45) is 2.78. The highest BCUT2D eigenvalue weighted by Gasteiger charge is 2.18. The van der Waals surface area contributed by atoms with Gasteiger partial charge in [0.1, 0.15) is 11.5 Å². The Bertz CT molecular complexity index is 346. The molecule has 0 unspecified atom stereocenters. The molecule has 0 radical (unpaired) electrons. The third-order valence-electron chi connectivity index (χ3n) is 2.69. The number of amides is 1. The van der Waals surface area contributed by atoms with Crippen molar-refractivity contribution in [1.29, 1.82) is 0 Å². The summed E-state index contributed by atoms with van der Waals surface area (Å²) in [6, 6.07) is 3.76. The van der Waals surface area contributed by atoms with Gasteiger partial charge in [-0.05, 0) is 25.0 Å². The Hall–Kier alpha value is -1.29. The van der Waals surface area contributed by atoms with E-state index < -0.39 is 0 Å². The summed E-state index contributed by atoms with van der Waals surface area (Å²) in [6.45, 7) is 1.84. The van der Waals surface area contributed by atoms with Crippen LogP contribution in [0.15, 0.2) is 16.5 Å². The van der Waals surface area contributed by atoms with E-state index in [4.69, 9.17) is 10.2 Å². The second-order valence-corrected chi connectivity index (χ2v) is 3.84. The Morgan fingerprint density at radius 3 is 2.80 bits per heavy atom.